The number of carbonyl (C=O) groups excluding carboxylic acids is 1. The first-order valence-corrected chi connectivity index (χ1v) is 6.57. The summed E-state index contributed by atoms with van der Waals surface area (Å²) in [5.41, 5.74) is 1.93. The van der Waals surface area contributed by atoms with Crippen molar-refractivity contribution in [2.24, 2.45) is 4.99 Å². The van der Waals surface area contributed by atoms with E-state index in [0.29, 0.717) is 23.6 Å². The van der Waals surface area contributed by atoms with Crippen LogP contribution >= 0.6 is 0 Å². The Morgan fingerprint density at radius 1 is 1.55 bits per heavy atom. The molecule has 0 heterocycles. The molecule has 1 amide bonds. The summed E-state index contributed by atoms with van der Waals surface area (Å²) in [4.78, 5) is 15.5. The van der Waals surface area contributed by atoms with Gasteiger partial charge in [-0.25, -0.2) is 0 Å². The number of ether oxygens (including phenoxy) is 1. The van der Waals surface area contributed by atoms with Gasteiger partial charge in [0.05, 0.1) is 19.7 Å². The van der Waals surface area contributed by atoms with Crippen LogP contribution in [-0.4, -0.2) is 31.4 Å². The highest BCUT2D eigenvalue weighted by molar-refractivity contribution is 6.06. The lowest BCUT2D eigenvalue weighted by atomic mass is 10.1. The number of nitrogens with one attached hydrogen (secondary N) is 1. The molecule has 1 aliphatic carbocycles. The highest BCUT2D eigenvalue weighted by Gasteiger charge is 2.41. The van der Waals surface area contributed by atoms with Crippen LogP contribution in [0.25, 0.3) is 0 Å². The monoisotopic (exact) mass is 312 g/mol. The van der Waals surface area contributed by atoms with E-state index in [1.54, 1.807) is 24.3 Å². The first kappa shape index (κ1) is 16.1. The Balaban J connectivity index is 2.34. The van der Waals surface area contributed by atoms with Crippen LogP contribution in [0.4, 0.5) is 13.2 Å². The molecule has 1 aliphatic rings. The van der Waals surface area contributed by atoms with Crippen molar-refractivity contribution >= 4 is 11.6 Å². The van der Waals surface area contributed by atoms with Gasteiger partial charge in [-0.05, 0) is 23.8 Å². The van der Waals surface area contributed by atoms with Gasteiger partial charge < -0.3 is 10.1 Å². The van der Waals surface area contributed by atoms with Gasteiger partial charge in [0, 0.05) is 17.7 Å². The molecule has 7 heteroatoms. The summed E-state index contributed by atoms with van der Waals surface area (Å²) in [6.45, 7) is 3.92. The number of halogens is 3. The highest BCUT2D eigenvalue weighted by Crippen LogP contribution is 2.35. The Morgan fingerprint density at radius 2 is 2.27 bits per heavy atom. The van der Waals surface area contributed by atoms with Gasteiger partial charge in [-0.2, -0.15) is 13.2 Å². The minimum atomic E-state index is -4.92. The van der Waals surface area contributed by atoms with Crippen molar-refractivity contribution in [2.45, 2.75) is 18.6 Å². The van der Waals surface area contributed by atoms with Crippen LogP contribution in [-0.2, 0) is 4.79 Å². The molecule has 1 atom stereocenters. The van der Waals surface area contributed by atoms with E-state index in [-0.39, 0.29) is 6.42 Å². The van der Waals surface area contributed by atoms with Crippen LogP contribution < -0.4 is 10.1 Å². The van der Waals surface area contributed by atoms with Gasteiger partial charge in [0.1, 0.15) is 5.75 Å². The van der Waals surface area contributed by atoms with Gasteiger partial charge in [0.2, 0.25) is 0 Å². The molecule has 1 N–H and O–H groups in total. The van der Waals surface area contributed by atoms with E-state index in [1.165, 1.54) is 7.11 Å². The van der Waals surface area contributed by atoms with E-state index in [9.17, 15) is 18.0 Å². The van der Waals surface area contributed by atoms with Crippen LogP contribution in [0.3, 0.4) is 0 Å². The van der Waals surface area contributed by atoms with Gasteiger partial charge in [-0.1, -0.05) is 6.08 Å². The number of hydrogen-bond acceptors (Lipinski definition) is 3. The Morgan fingerprint density at radius 3 is 2.86 bits per heavy atom. The number of rotatable bonds is 4. The third-order valence-corrected chi connectivity index (χ3v) is 3.32. The third-order valence-electron chi connectivity index (χ3n) is 3.32. The Bertz CT molecular complexity index is 624. The topological polar surface area (TPSA) is 50.7 Å². The maximum Gasteiger partial charge on any atom is 0.471 e. The number of fused-ring (bicyclic) bond motifs is 1. The molecule has 1 aromatic carbocycles. The quantitative estimate of drug-likeness (QED) is 0.869. The lowest BCUT2D eigenvalue weighted by molar-refractivity contribution is -0.174. The van der Waals surface area contributed by atoms with Crippen molar-refractivity contribution in [3.63, 3.8) is 0 Å². The largest absolute Gasteiger partial charge is 0.497 e. The SMILES string of the molecule is C=CCN=C1CC(NC(=O)C(F)(F)F)c2cc(OC)ccc21. The van der Waals surface area contributed by atoms with E-state index in [1.807, 2.05) is 5.32 Å². The molecule has 118 valence electrons. The second kappa shape index (κ2) is 6.21. The zero-order chi connectivity index (χ0) is 16.3. The predicted molar refractivity (Wildman–Crippen MR) is 76.2 cm³/mol. The van der Waals surface area contributed by atoms with Crippen LogP contribution in [0.5, 0.6) is 5.75 Å². The minimum Gasteiger partial charge on any atom is -0.497 e. The van der Waals surface area contributed by atoms with Crippen LogP contribution in [0.2, 0.25) is 0 Å². The number of hydrogen-bond donors (Lipinski definition) is 1. The summed E-state index contributed by atoms with van der Waals surface area (Å²) in [5.74, 6) is -1.45. The summed E-state index contributed by atoms with van der Waals surface area (Å²) in [7, 11) is 1.46. The van der Waals surface area contributed by atoms with E-state index in [2.05, 4.69) is 11.6 Å². The second-order valence-electron chi connectivity index (χ2n) is 4.76. The van der Waals surface area contributed by atoms with Gasteiger partial charge in [-0.3, -0.25) is 9.79 Å². The smallest absolute Gasteiger partial charge is 0.471 e. The fraction of sp³-hybridized carbons (Fsp3) is 0.333. The van der Waals surface area contributed by atoms with Gasteiger partial charge in [0.25, 0.3) is 0 Å². The molecule has 0 spiro atoms. The number of alkyl halides is 3. The maximum atomic E-state index is 12.4. The lowest BCUT2D eigenvalue weighted by Crippen LogP contribution is -2.38. The molecule has 0 aromatic heterocycles. The average Bonchev–Trinajstić information content (AvgIpc) is 2.81. The van der Waals surface area contributed by atoms with Crippen molar-refractivity contribution in [3.8, 4) is 5.75 Å². The number of aliphatic imine (C=N–C) groups is 1. The molecule has 2 rings (SSSR count). The molecular weight excluding hydrogens is 297 g/mol. The summed E-state index contributed by atoms with van der Waals surface area (Å²) in [6, 6.07) is 4.28. The lowest BCUT2D eigenvalue weighted by Gasteiger charge is -2.15. The molecule has 4 nitrogen and oxygen atoms in total. The number of nitrogens with zero attached hydrogens (tertiary/aromatic N) is 1. The Hall–Kier alpha value is -2.31. The van der Waals surface area contributed by atoms with Crippen molar-refractivity contribution in [2.75, 3.05) is 13.7 Å². The Kier molecular flexibility index (Phi) is 4.54. The van der Waals surface area contributed by atoms with Gasteiger partial charge in [-0.15, -0.1) is 6.58 Å². The number of methoxy groups -OCH3 is 1. The van der Waals surface area contributed by atoms with E-state index in [0.717, 1.165) is 5.56 Å². The summed E-state index contributed by atoms with van der Waals surface area (Å²) < 4.78 is 42.4. The standard InChI is InChI=1S/C15H15F3N2O2/c1-3-6-19-12-8-13(20-14(21)15(16,17)18)11-7-9(22-2)4-5-10(11)12/h3-5,7,13H,1,6,8H2,2H3,(H,20,21). The fourth-order valence-electron chi connectivity index (χ4n) is 2.33. The maximum absolute atomic E-state index is 12.4. The molecule has 0 radical (unpaired) electrons. The zero-order valence-corrected chi connectivity index (χ0v) is 11.9. The molecule has 0 fully saturated rings. The first-order valence-electron chi connectivity index (χ1n) is 6.57. The van der Waals surface area contributed by atoms with E-state index >= 15 is 0 Å². The number of amides is 1. The van der Waals surface area contributed by atoms with Crippen LogP contribution in [0, 0.1) is 0 Å². The molecular formula is C15H15F3N2O2. The zero-order valence-electron chi connectivity index (χ0n) is 11.9. The van der Waals surface area contributed by atoms with Crippen LogP contribution in [0.1, 0.15) is 23.6 Å². The minimum absolute atomic E-state index is 0.207. The summed E-state index contributed by atoms with van der Waals surface area (Å²) >= 11 is 0. The third kappa shape index (κ3) is 3.29. The molecule has 0 aliphatic heterocycles. The molecule has 1 aromatic rings. The normalized spacial score (nSPS) is 18.9. The first-order chi connectivity index (χ1) is 10.4. The molecule has 22 heavy (non-hydrogen) atoms. The Labute approximate surface area is 125 Å². The molecule has 0 saturated carbocycles. The second-order valence-corrected chi connectivity index (χ2v) is 4.76. The fourth-order valence-corrected chi connectivity index (χ4v) is 2.33. The highest BCUT2D eigenvalue weighted by atomic mass is 19.4. The van der Waals surface area contributed by atoms with Crippen LogP contribution in [0.15, 0.2) is 35.8 Å². The van der Waals surface area contributed by atoms with Gasteiger partial charge >= 0.3 is 12.1 Å². The number of benzene rings is 1. The van der Waals surface area contributed by atoms with Gasteiger partial charge in [0.15, 0.2) is 0 Å². The van der Waals surface area contributed by atoms with Crippen molar-refractivity contribution in [3.05, 3.63) is 42.0 Å². The molecule has 0 saturated heterocycles. The molecule has 1 unspecified atom stereocenters. The van der Waals surface area contributed by atoms with Crippen molar-refractivity contribution in [1.82, 2.24) is 5.32 Å². The van der Waals surface area contributed by atoms with Crippen molar-refractivity contribution in [1.29, 1.82) is 0 Å². The average molecular weight is 312 g/mol. The van der Waals surface area contributed by atoms with Crippen molar-refractivity contribution < 1.29 is 22.7 Å². The predicted octanol–water partition coefficient (Wildman–Crippen LogP) is 2.79. The van der Waals surface area contributed by atoms with E-state index in [4.69, 9.17) is 4.74 Å². The number of carbonyl (C=O) groups is 1. The molecule has 0 bridgehead atoms. The summed E-state index contributed by atoms with van der Waals surface area (Å²) in [6.07, 6.45) is -3.12. The summed E-state index contributed by atoms with van der Waals surface area (Å²) in [5, 5.41) is 2.01. The van der Waals surface area contributed by atoms with E-state index < -0.39 is 18.1 Å².